The maximum atomic E-state index is 12.5. The van der Waals surface area contributed by atoms with Crippen molar-refractivity contribution in [3.8, 4) is 0 Å². The van der Waals surface area contributed by atoms with Gasteiger partial charge in [-0.2, -0.15) is 0 Å². The normalized spacial score (nSPS) is 11.6. The molecular weight excluding hydrogens is 454 g/mol. The van der Waals surface area contributed by atoms with Gasteiger partial charge >= 0.3 is 0 Å². The first-order chi connectivity index (χ1) is 12.9. The number of furan rings is 1. The predicted octanol–water partition coefficient (Wildman–Crippen LogP) is 4.89. The van der Waals surface area contributed by atoms with Crippen LogP contribution in [0.2, 0.25) is 5.02 Å². The van der Waals surface area contributed by atoms with Gasteiger partial charge in [0.2, 0.25) is 10.0 Å². The van der Waals surface area contributed by atoms with Crippen LogP contribution in [-0.4, -0.2) is 8.42 Å². The van der Waals surface area contributed by atoms with Gasteiger partial charge in [0, 0.05) is 11.0 Å². The highest BCUT2D eigenvalue weighted by Crippen LogP contribution is 2.25. The third-order valence-corrected chi connectivity index (χ3v) is 6.11. The smallest absolute Gasteiger partial charge is 0.242 e. The van der Waals surface area contributed by atoms with E-state index in [1.54, 1.807) is 18.4 Å². The molecule has 0 bridgehead atoms. The van der Waals surface area contributed by atoms with E-state index in [1.807, 2.05) is 36.4 Å². The van der Waals surface area contributed by atoms with Gasteiger partial charge in [-0.05, 0) is 41.5 Å². The van der Waals surface area contributed by atoms with E-state index in [0.717, 1.165) is 16.9 Å². The Hall–Kier alpha value is -1.64. The number of rotatable bonds is 8. The van der Waals surface area contributed by atoms with Crippen molar-refractivity contribution in [1.29, 1.82) is 0 Å². The Morgan fingerprint density at radius 2 is 1.85 bits per heavy atom. The zero-order valence-electron chi connectivity index (χ0n) is 14.2. The van der Waals surface area contributed by atoms with Crippen LogP contribution in [0.25, 0.3) is 0 Å². The van der Waals surface area contributed by atoms with Crippen LogP contribution in [0.1, 0.15) is 16.9 Å². The molecule has 8 heteroatoms. The molecule has 0 radical (unpaired) electrons. The highest BCUT2D eigenvalue weighted by atomic mass is 79.9. The zero-order valence-corrected chi connectivity index (χ0v) is 17.4. The lowest BCUT2D eigenvalue weighted by Crippen LogP contribution is -2.23. The van der Waals surface area contributed by atoms with Crippen molar-refractivity contribution in [2.24, 2.45) is 0 Å². The number of halogens is 2. The largest absolute Gasteiger partial charge is 0.467 e. The molecule has 0 spiro atoms. The molecule has 0 saturated carbocycles. The minimum Gasteiger partial charge on any atom is -0.467 e. The Kier molecular flexibility index (Phi) is 6.73. The molecule has 0 aliphatic carbocycles. The van der Waals surface area contributed by atoms with Crippen molar-refractivity contribution in [1.82, 2.24) is 4.72 Å². The summed E-state index contributed by atoms with van der Waals surface area (Å²) in [7, 11) is -3.71. The van der Waals surface area contributed by atoms with Crippen molar-refractivity contribution in [2.75, 3.05) is 0 Å². The second-order valence-corrected chi connectivity index (χ2v) is 8.85. The van der Waals surface area contributed by atoms with E-state index in [-0.39, 0.29) is 16.5 Å². The Morgan fingerprint density at radius 1 is 1.04 bits per heavy atom. The first kappa shape index (κ1) is 20.1. The first-order valence-electron chi connectivity index (χ1n) is 8.07. The summed E-state index contributed by atoms with van der Waals surface area (Å²) >= 11 is 9.31. The van der Waals surface area contributed by atoms with Gasteiger partial charge in [0.1, 0.15) is 17.3 Å². The summed E-state index contributed by atoms with van der Waals surface area (Å²) < 4.78 is 39.1. The summed E-state index contributed by atoms with van der Waals surface area (Å²) in [5.74, 6) is 0.755. The highest BCUT2D eigenvalue weighted by Gasteiger charge is 2.17. The molecule has 3 rings (SSSR count). The fraction of sp³-hybridized carbons (Fsp3) is 0.158. The molecule has 3 aromatic rings. The average Bonchev–Trinajstić information content (AvgIpc) is 3.14. The molecule has 5 nitrogen and oxygen atoms in total. The molecule has 0 saturated heterocycles. The summed E-state index contributed by atoms with van der Waals surface area (Å²) in [6, 6.07) is 15.8. The van der Waals surface area contributed by atoms with Gasteiger partial charge in [-0.1, -0.05) is 51.8 Å². The lowest BCUT2D eigenvalue weighted by atomic mass is 10.1. The standard InChI is InChI=1S/C19H17BrClNO4S/c20-16-6-7-19(18(21)10-16)27(23,24)22-11-14-3-1-4-15(9-14)12-25-13-17-5-2-8-26-17/h1-10,22H,11-13H2. The van der Waals surface area contributed by atoms with E-state index in [9.17, 15) is 8.42 Å². The Labute approximate surface area is 171 Å². The quantitative estimate of drug-likeness (QED) is 0.509. The topological polar surface area (TPSA) is 68.5 Å². The molecule has 1 heterocycles. The number of nitrogens with one attached hydrogen (secondary N) is 1. The zero-order chi connectivity index (χ0) is 19.3. The number of ether oxygens (including phenoxy) is 1. The van der Waals surface area contributed by atoms with Gasteiger partial charge in [-0.15, -0.1) is 0 Å². The third-order valence-electron chi connectivity index (χ3n) is 3.73. The van der Waals surface area contributed by atoms with E-state index >= 15 is 0 Å². The summed E-state index contributed by atoms with van der Waals surface area (Å²) in [6.45, 7) is 0.937. The third kappa shape index (κ3) is 5.67. The highest BCUT2D eigenvalue weighted by molar-refractivity contribution is 9.10. The number of sulfonamides is 1. The van der Waals surface area contributed by atoms with Gasteiger partial charge in [-0.25, -0.2) is 13.1 Å². The molecule has 1 N–H and O–H groups in total. The molecule has 1 aromatic heterocycles. The van der Waals surface area contributed by atoms with Crippen LogP contribution in [0.5, 0.6) is 0 Å². The Bertz CT molecular complexity index is 1010. The van der Waals surface area contributed by atoms with E-state index in [2.05, 4.69) is 20.7 Å². The van der Waals surface area contributed by atoms with Gasteiger partial charge in [0.15, 0.2) is 0 Å². The number of benzene rings is 2. The van der Waals surface area contributed by atoms with Crippen LogP contribution in [0.4, 0.5) is 0 Å². The first-order valence-corrected chi connectivity index (χ1v) is 10.7. The maximum Gasteiger partial charge on any atom is 0.242 e. The van der Waals surface area contributed by atoms with Crippen LogP contribution in [0.15, 0.2) is 74.6 Å². The lowest BCUT2D eigenvalue weighted by Gasteiger charge is -2.10. The minimum absolute atomic E-state index is 0.0466. The van der Waals surface area contributed by atoms with Crippen LogP contribution in [-0.2, 0) is 34.5 Å². The fourth-order valence-corrected chi connectivity index (χ4v) is 4.50. The molecule has 0 atom stereocenters. The maximum absolute atomic E-state index is 12.5. The molecule has 27 heavy (non-hydrogen) atoms. The molecular formula is C19H17BrClNO4S. The van der Waals surface area contributed by atoms with Crippen molar-refractivity contribution < 1.29 is 17.6 Å². The minimum atomic E-state index is -3.71. The Balaban J connectivity index is 1.60. The molecule has 0 aliphatic rings. The monoisotopic (exact) mass is 469 g/mol. The SMILES string of the molecule is O=S(=O)(NCc1cccc(COCc2ccco2)c1)c1ccc(Br)cc1Cl. The Morgan fingerprint density at radius 3 is 2.59 bits per heavy atom. The van der Waals surface area contributed by atoms with Crippen molar-refractivity contribution in [3.63, 3.8) is 0 Å². The summed E-state index contributed by atoms with van der Waals surface area (Å²) in [6.07, 6.45) is 1.60. The fourth-order valence-electron chi connectivity index (χ4n) is 2.44. The number of hydrogen-bond donors (Lipinski definition) is 1. The summed E-state index contributed by atoms with van der Waals surface area (Å²) in [5, 5.41) is 0.164. The lowest BCUT2D eigenvalue weighted by molar-refractivity contribution is 0.0929. The van der Waals surface area contributed by atoms with E-state index in [4.69, 9.17) is 20.8 Å². The molecule has 0 amide bonds. The van der Waals surface area contributed by atoms with Crippen LogP contribution < -0.4 is 4.72 Å². The average molecular weight is 471 g/mol. The summed E-state index contributed by atoms with van der Waals surface area (Å²) in [5.41, 5.74) is 1.77. The van der Waals surface area contributed by atoms with E-state index in [0.29, 0.717) is 17.7 Å². The second kappa shape index (κ2) is 9.03. The summed E-state index contributed by atoms with van der Waals surface area (Å²) in [4.78, 5) is 0.0466. The van der Waals surface area contributed by atoms with Crippen molar-refractivity contribution >= 4 is 37.6 Å². The van der Waals surface area contributed by atoms with Crippen LogP contribution in [0, 0.1) is 0 Å². The molecule has 0 fully saturated rings. The van der Waals surface area contributed by atoms with Crippen molar-refractivity contribution in [2.45, 2.75) is 24.7 Å². The second-order valence-electron chi connectivity index (χ2n) is 5.79. The van der Waals surface area contributed by atoms with Crippen LogP contribution in [0.3, 0.4) is 0 Å². The van der Waals surface area contributed by atoms with Gasteiger partial charge < -0.3 is 9.15 Å². The predicted molar refractivity (Wildman–Crippen MR) is 107 cm³/mol. The molecule has 2 aromatic carbocycles. The number of hydrogen-bond acceptors (Lipinski definition) is 4. The van der Waals surface area contributed by atoms with E-state index < -0.39 is 10.0 Å². The molecule has 0 unspecified atom stereocenters. The van der Waals surface area contributed by atoms with Crippen molar-refractivity contribution in [3.05, 3.63) is 87.2 Å². The van der Waals surface area contributed by atoms with Gasteiger partial charge in [0.05, 0.1) is 17.9 Å². The van der Waals surface area contributed by atoms with Gasteiger partial charge in [0.25, 0.3) is 0 Å². The van der Waals surface area contributed by atoms with Gasteiger partial charge in [-0.3, -0.25) is 0 Å². The van der Waals surface area contributed by atoms with E-state index in [1.165, 1.54) is 6.07 Å². The molecule has 142 valence electrons. The molecule has 0 aliphatic heterocycles. The van der Waals surface area contributed by atoms with Crippen LogP contribution >= 0.6 is 27.5 Å².